The number of anilines is 1. The fourth-order valence-electron chi connectivity index (χ4n) is 3.48. The SMILES string of the molecule is Cc1noc(C)c1Cn1cc(N2C(=O)N(Cc3ccn(C)n3)C(C)(C)C2=O)cn1. The van der Waals surface area contributed by atoms with E-state index in [0.29, 0.717) is 12.2 Å². The van der Waals surface area contributed by atoms with Gasteiger partial charge in [0.25, 0.3) is 5.91 Å². The Morgan fingerprint density at radius 3 is 2.55 bits per heavy atom. The third-order valence-corrected chi connectivity index (χ3v) is 5.29. The molecule has 1 aliphatic heterocycles. The van der Waals surface area contributed by atoms with E-state index in [1.54, 1.807) is 35.6 Å². The second kappa shape index (κ2) is 6.57. The van der Waals surface area contributed by atoms with Crippen LogP contribution in [0.2, 0.25) is 0 Å². The number of imide groups is 1. The molecule has 10 nitrogen and oxygen atoms in total. The van der Waals surface area contributed by atoms with Crippen molar-refractivity contribution in [3.05, 3.63) is 47.4 Å². The van der Waals surface area contributed by atoms with Crippen LogP contribution in [0.3, 0.4) is 0 Å². The lowest BCUT2D eigenvalue weighted by Crippen LogP contribution is -2.43. The van der Waals surface area contributed by atoms with Gasteiger partial charge < -0.3 is 9.42 Å². The Hall–Kier alpha value is -3.43. The molecule has 3 amide bonds. The maximum Gasteiger partial charge on any atom is 0.332 e. The first kappa shape index (κ1) is 18.9. The summed E-state index contributed by atoms with van der Waals surface area (Å²) in [5, 5.41) is 12.6. The molecule has 0 atom stereocenters. The molecular formula is C19H23N7O3. The molecule has 0 bridgehead atoms. The van der Waals surface area contributed by atoms with Crippen LogP contribution in [-0.4, -0.2) is 47.1 Å². The number of aromatic nitrogens is 5. The minimum Gasteiger partial charge on any atom is -0.361 e. The highest BCUT2D eigenvalue weighted by molar-refractivity contribution is 6.22. The Balaban J connectivity index is 1.59. The van der Waals surface area contributed by atoms with Crippen LogP contribution < -0.4 is 4.90 Å². The molecule has 10 heteroatoms. The highest BCUT2D eigenvalue weighted by Crippen LogP contribution is 2.33. The normalized spacial score (nSPS) is 16.3. The Bertz CT molecular complexity index is 1070. The molecule has 0 spiro atoms. The number of hydrogen-bond donors (Lipinski definition) is 0. The van der Waals surface area contributed by atoms with Gasteiger partial charge in [0, 0.05) is 25.0 Å². The fourth-order valence-corrected chi connectivity index (χ4v) is 3.48. The van der Waals surface area contributed by atoms with E-state index in [1.165, 1.54) is 16.0 Å². The third kappa shape index (κ3) is 3.10. The van der Waals surface area contributed by atoms with Crippen molar-refractivity contribution >= 4 is 17.6 Å². The standard InChI is InChI=1S/C19H23N7O3/c1-12-16(13(2)29-22-12)11-24-10-15(8-20-24)26-17(27)19(3,4)25(18(26)28)9-14-6-7-23(5)21-14/h6-8,10H,9,11H2,1-5H3. The summed E-state index contributed by atoms with van der Waals surface area (Å²) in [5.41, 5.74) is 1.88. The first-order chi connectivity index (χ1) is 13.7. The van der Waals surface area contributed by atoms with E-state index in [-0.39, 0.29) is 18.5 Å². The van der Waals surface area contributed by atoms with Crippen molar-refractivity contribution in [3.63, 3.8) is 0 Å². The lowest BCUT2D eigenvalue weighted by atomic mass is 10.0. The molecule has 0 N–H and O–H groups in total. The number of carbonyl (C=O) groups is 2. The maximum absolute atomic E-state index is 13.1. The summed E-state index contributed by atoms with van der Waals surface area (Å²) in [7, 11) is 1.81. The topological polar surface area (TPSA) is 102 Å². The summed E-state index contributed by atoms with van der Waals surface area (Å²) < 4.78 is 8.52. The number of aryl methyl sites for hydroxylation is 3. The molecule has 4 heterocycles. The van der Waals surface area contributed by atoms with Gasteiger partial charge in [-0.25, -0.2) is 9.69 Å². The van der Waals surface area contributed by atoms with Crippen LogP contribution in [-0.2, 0) is 24.9 Å². The fraction of sp³-hybridized carbons (Fsp3) is 0.421. The average Bonchev–Trinajstić information content (AvgIpc) is 3.39. The van der Waals surface area contributed by atoms with Crippen LogP contribution >= 0.6 is 0 Å². The van der Waals surface area contributed by atoms with E-state index in [2.05, 4.69) is 15.4 Å². The van der Waals surface area contributed by atoms with E-state index < -0.39 is 5.54 Å². The lowest BCUT2D eigenvalue weighted by molar-refractivity contribution is -0.123. The molecule has 1 fully saturated rings. The van der Waals surface area contributed by atoms with E-state index >= 15 is 0 Å². The van der Waals surface area contributed by atoms with Crippen molar-refractivity contribution in [3.8, 4) is 0 Å². The van der Waals surface area contributed by atoms with Crippen molar-refractivity contribution in [1.82, 2.24) is 29.6 Å². The number of nitrogens with zero attached hydrogens (tertiary/aromatic N) is 7. The quantitative estimate of drug-likeness (QED) is 0.610. The van der Waals surface area contributed by atoms with Gasteiger partial charge in [-0.2, -0.15) is 10.2 Å². The van der Waals surface area contributed by atoms with Crippen molar-refractivity contribution in [2.75, 3.05) is 4.90 Å². The highest BCUT2D eigenvalue weighted by Gasteiger charge is 2.52. The largest absolute Gasteiger partial charge is 0.361 e. The second-order valence-corrected chi connectivity index (χ2v) is 7.75. The number of amides is 3. The first-order valence-corrected chi connectivity index (χ1v) is 9.27. The zero-order valence-corrected chi connectivity index (χ0v) is 17.1. The van der Waals surface area contributed by atoms with Crippen LogP contribution in [0.4, 0.5) is 10.5 Å². The van der Waals surface area contributed by atoms with E-state index in [9.17, 15) is 9.59 Å². The van der Waals surface area contributed by atoms with Crippen LogP contribution in [0.25, 0.3) is 0 Å². The summed E-state index contributed by atoms with van der Waals surface area (Å²) in [6, 6.07) is 1.44. The van der Waals surface area contributed by atoms with Crippen molar-refractivity contribution < 1.29 is 14.1 Å². The zero-order chi connectivity index (χ0) is 20.9. The van der Waals surface area contributed by atoms with Crippen LogP contribution in [0.1, 0.15) is 36.6 Å². The molecule has 0 aromatic carbocycles. The molecule has 152 valence electrons. The molecule has 29 heavy (non-hydrogen) atoms. The molecule has 3 aromatic rings. The Labute approximate surface area is 167 Å². The van der Waals surface area contributed by atoms with Gasteiger partial charge in [-0.3, -0.25) is 14.2 Å². The van der Waals surface area contributed by atoms with E-state index in [1.807, 2.05) is 27.0 Å². The molecule has 1 saturated heterocycles. The lowest BCUT2D eigenvalue weighted by Gasteiger charge is -2.26. The number of urea groups is 1. The van der Waals surface area contributed by atoms with Crippen molar-refractivity contribution in [1.29, 1.82) is 0 Å². The number of carbonyl (C=O) groups excluding carboxylic acids is 2. The number of rotatable bonds is 5. The number of hydrogen-bond acceptors (Lipinski definition) is 6. The predicted octanol–water partition coefficient (Wildman–Crippen LogP) is 2.02. The van der Waals surface area contributed by atoms with Gasteiger partial charge in [0.2, 0.25) is 0 Å². The summed E-state index contributed by atoms with van der Waals surface area (Å²) >= 11 is 0. The molecule has 0 saturated carbocycles. The molecule has 0 unspecified atom stereocenters. The minimum atomic E-state index is -0.988. The molecule has 0 aliphatic carbocycles. The predicted molar refractivity (Wildman–Crippen MR) is 103 cm³/mol. The summed E-state index contributed by atoms with van der Waals surface area (Å²) in [5.74, 6) is 0.422. The van der Waals surface area contributed by atoms with Crippen LogP contribution in [0, 0.1) is 13.8 Å². The van der Waals surface area contributed by atoms with Crippen LogP contribution in [0.5, 0.6) is 0 Å². The molecule has 4 rings (SSSR count). The van der Waals surface area contributed by atoms with E-state index in [0.717, 1.165) is 22.7 Å². The van der Waals surface area contributed by atoms with Gasteiger partial charge in [-0.15, -0.1) is 0 Å². The maximum atomic E-state index is 13.1. The summed E-state index contributed by atoms with van der Waals surface area (Å²) in [4.78, 5) is 28.9. The Morgan fingerprint density at radius 1 is 1.17 bits per heavy atom. The van der Waals surface area contributed by atoms with Gasteiger partial charge in [0.05, 0.1) is 36.4 Å². The molecule has 1 aliphatic rings. The molecule has 3 aromatic heterocycles. The zero-order valence-electron chi connectivity index (χ0n) is 17.1. The summed E-state index contributed by atoms with van der Waals surface area (Å²) in [6.07, 6.45) is 5.01. The summed E-state index contributed by atoms with van der Waals surface area (Å²) in [6.45, 7) is 7.88. The monoisotopic (exact) mass is 397 g/mol. The van der Waals surface area contributed by atoms with Gasteiger partial charge in [0.15, 0.2) is 0 Å². The molecular weight excluding hydrogens is 374 g/mol. The highest BCUT2D eigenvalue weighted by atomic mass is 16.5. The Morgan fingerprint density at radius 2 is 1.93 bits per heavy atom. The molecule has 0 radical (unpaired) electrons. The minimum absolute atomic E-state index is 0.252. The van der Waals surface area contributed by atoms with Crippen molar-refractivity contribution in [2.45, 2.75) is 46.3 Å². The Kier molecular flexibility index (Phi) is 4.29. The average molecular weight is 397 g/mol. The van der Waals surface area contributed by atoms with Gasteiger partial charge >= 0.3 is 6.03 Å². The van der Waals surface area contributed by atoms with Crippen molar-refractivity contribution in [2.24, 2.45) is 7.05 Å². The smallest absolute Gasteiger partial charge is 0.332 e. The van der Waals surface area contributed by atoms with Gasteiger partial charge in [-0.05, 0) is 33.8 Å². The van der Waals surface area contributed by atoms with Gasteiger partial charge in [-0.1, -0.05) is 5.16 Å². The van der Waals surface area contributed by atoms with E-state index in [4.69, 9.17) is 4.52 Å². The third-order valence-electron chi connectivity index (χ3n) is 5.29. The second-order valence-electron chi connectivity index (χ2n) is 7.75. The first-order valence-electron chi connectivity index (χ1n) is 9.27. The van der Waals surface area contributed by atoms with Crippen LogP contribution in [0.15, 0.2) is 29.2 Å². The van der Waals surface area contributed by atoms with Gasteiger partial charge in [0.1, 0.15) is 11.3 Å².